The van der Waals surface area contributed by atoms with Gasteiger partial charge in [0.05, 0.1) is 17.2 Å². The van der Waals surface area contributed by atoms with Crippen LogP contribution in [-0.2, 0) is 12.4 Å². The molecule has 28 heavy (non-hydrogen) atoms. The minimum absolute atomic E-state index is 0.136. The molecule has 1 aliphatic rings. The fraction of sp³-hybridized carbons (Fsp3) is 0.368. The Kier molecular flexibility index (Phi) is 5.93. The zero-order valence-corrected chi connectivity index (χ0v) is 15.3. The van der Waals surface area contributed by atoms with Crippen LogP contribution in [0.25, 0.3) is 0 Å². The molecule has 1 N–H and O–H groups in total. The molecule has 0 saturated carbocycles. The summed E-state index contributed by atoms with van der Waals surface area (Å²) in [5.74, 6) is 0. The maximum absolute atomic E-state index is 13.2. The molecule has 1 heterocycles. The Balaban J connectivity index is 2.08. The average Bonchev–Trinajstić information content (AvgIpc) is 2.63. The summed E-state index contributed by atoms with van der Waals surface area (Å²) in [6.07, 6.45) is -9.04. The maximum Gasteiger partial charge on any atom is 0.416 e. The highest BCUT2D eigenvalue weighted by atomic mass is 35.5. The number of piperazine rings is 1. The summed E-state index contributed by atoms with van der Waals surface area (Å²) >= 11 is 6.22. The molecule has 0 radical (unpaired) electrons. The van der Waals surface area contributed by atoms with Gasteiger partial charge in [0.2, 0.25) is 0 Å². The maximum atomic E-state index is 13.2. The standard InChI is InChI=1S/C19H17ClF6N2/c20-16-6-5-14(19(24,25)26)11-15(16)17(28-9-7-27-8-10-28)12-1-3-13(4-2-12)18(21,22)23/h1-6,11,17,27H,7-10H2. The largest absolute Gasteiger partial charge is 0.416 e. The highest BCUT2D eigenvalue weighted by Gasteiger charge is 2.34. The third-order valence-electron chi connectivity index (χ3n) is 4.69. The van der Waals surface area contributed by atoms with E-state index in [1.54, 1.807) is 0 Å². The lowest BCUT2D eigenvalue weighted by Gasteiger charge is -2.36. The molecule has 9 heteroatoms. The van der Waals surface area contributed by atoms with Crippen molar-refractivity contribution in [3.63, 3.8) is 0 Å². The molecular formula is C19H17ClF6N2. The van der Waals surface area contributed by atoms with Crippen LogP contribution in [0.5, 0.6) is 0 Å². The topological polar surface area (TPSA) is 15.3 Å². The summed E-state index contributed by atoms with van der Waals surface area (Å²) in [5, 5.41) is 3.28. The van der Waals surface area contributed by atoms with Crippen molar-refractivity contribution in [2.45, 2.75) is 18.4 Å². The van der Waals surface area contributed by atoms with Crippen LogP contribution < -0.4 is 5.32 Å². The molecule has 2 aromatic rings. The van der Waals surface area contributed by atoms with Crippen molar-refractivity contribution in [2.75, 3.05) is 26.2 Å². The molecule has 0 bridgehead atoms. The van der Waals surface area contributed by atoms with Gasteiger partial charge in [-0.15, -0.1) is 0 Å². The average molecular weight is 423 g/mol. The molecule has 2 nitrogen and oxygen atoms in total. The number of alkyl halides is 6. The summed E-state index contributed by atoms with van der Waals surface area (Å²) in [4.78, 5) is 1.92. The normalized spacial score (nSPS) is 17.5. The quantitative estimate of drug-likeness (QED) is 0.669. The first-order valence-electron chi connectivity index (χ1n) is 8.56. The summed E-state index contributed by atoms with van der Waals surface area (Å²) in [6, 6.07) is 6.84. The minimum atomic E-state index is -4.55. The van der Waals surface area contributed by atoms with Gasteiger partial charge in [-0.3, -0.25) is 4.90 Å². The molecule has 152 valence electrons. The molecule has 3 rings (SSSR count). The number of nitrogens with zero attached hydrogens (tertiary/aromatic N) is 1. The zero-order valence-electron chi connectivity index (χ0n) is 14.5. The van der Waals surface area contributed by atoms with Crippen molar-refractivity contribution in [1.29, 1.82) is 0 Å². The molecular weight excluding hydrogens is 406 g/mol. The second kappa shape index (κ2) is 7.93. The van der Waals surface area contributed by atoms with E-state index in [1.165, 1.54) is 18.2 Å². The molecule has 0 amide bonds. The lowest BCUT2D eigenvalue weighted by Crippen LogP contribution is -2.45. The van der Waals surface area contributed by atoms with Crippen molar-refractivity contribution in [3.05, 3.63) is 69.7 Å². The van der Waals surface area contributed by atoms with Crippen molar-refractivity contribution in [3.8, 4) is 0 Å². The first-order chi connectivity index (χ1) is 13.1. The zero-order chi connectivity index (χ0) is 20.5. The fourth-order valence-electron chi connectivity index (χ4n) is 3.31. The molecule has 1 fully saturated rings. The van der Waals surface area contributed by atoms with Crippen LogP contribution in [0, 0.1) is 0 Å². The van der Waals surface area contributed by atoms with E-state index in [2.05, 4.69) is 5.32 Å². The second-order valence-corrected chi connectivity index (χ2v) is 6.95. The minimum Gasteiger partial charge on any atom is -0.314 e. The van der Waals surface area contributed by atoms with Crippen molar-refractivity contribution >= 4 is 11.6 Å². The van der Waals surface area contributed by atoms with E-state index in [9.17, 15) is 26.3 Å². The van der Waals surface area contributed by atoms with Gasteiger partial charge in [-0.25, -0.2) is 0 Å². The Morgan fingerprint density at radius 3 is 1.89 bits per heavy atom. The van der Waals surface area contributed by atoms with Crippen LogP contribution in [0.1, 0.15) is 28.3 Å². The number of hydrogen-bond acceptors (Lipinski definition) is 2. The van der Waals surface area contributed by atoms with Gasteiger partial charge in [0.15, 0.2) is 0 Å². The Morgan fingerprint density at radius 2 is 1.36 bits per heavy atom. The van der Waals surface area contributed by atoms with E-state index in [0.717, 1.165) is 24.3 Å². The highest BCUT2D eigenvalue weighted by molar-refractivity contribution is 6.31. The van der Waals surface area contributed by atoms with E-state index in [-0.39, 0.29) is 10.6 Å². The predicted molar refractivity (Wildman–Crippen MR) is 94.2 cm³/mol. The van der Waals surface area contributed by atoms with Crippen molar-refractivity contribution in [2.24, 2.45) is 0 Å². The Morgan fingerprint density at radius 1 is 0.821 bits per heavy atom. The summed E-state index contributed by atoms with van der Waals surface area (Å²) in [6.45, 7) is 2.29. The number of rotatable bonds is 3. The van der Waals surface area contributed by atoms with Crippen LogP contribution in [0.15, 0.2) is 42.5 Å². The van der Waals surface area contributed by atoms with Crippen LogP contribution >= 0.6 is 11.6 Å². The van der Waals surface area contributed by atoms with E-state index in [0.29, 0.717) is 31.7 Å². The van der Waals surface area contributed by atoms with Crippen LogP contribution in [0.4, 0.5) is 26.3 Å². The summed E-state index contributed by atoms with van der Waals surface area (Å²) in [5.41, 5.74) is -0.987. The molecule has 1 aliphatic heterocycles. The predicted octanol–water partition coefficient (Wildman–Crippen LogP) is 5.37. The van der Waals surface area contributed by atoms with Gasteiger partial charge in [-0.2, -0.15) is 26.3 Å². The van der Waals surface area contributed by atoms with Gasteiger partial charge in [0, 0.05) is 31.2 Å². The summed E-state index contributed by atoms with van der Waals surface area (Å²) in [7, 11) is 0. The van der Waals surface area contributed by atoms with Gasteiger partial charge in [-0.1, -0.05) is 23.7 Å². The Hall–Kier alpha value is -1.77. The van der Waals surface area contributed by atoms with Crippen LogP contribution in [-0.4, -0.2) is 31.1 Å². The van der Waals surface area contributed by atoms with Gasteiger partial charge < -0.3 is 5.32 Å². The summed E-state index contributed by atoms with van der Waals surface area (Å²) < 4.78 is 78.2. The second-order valence-electron chi connectivity index (χ2n) is 6.54. The van der Waals surface area contributed by atoms with Gasteiger partial charge >= 0.3 is 12.4 Å². The molecule has 0 spiro atoms. The molecule has 0 aromatic heterocycles. The number of halogens is 7. The highest BCUT2D eigenvalue weighted by Crippen LogP contribution is 2.39. The third-order valence-corrected chi connectivity index (χ3v) is 5.03. The first kappa shape index (κ1) is 21.0. The number of hydrogen-bond donors (Lipinski definition) is 1. The SMILES string of the molecule is FC(F)(F)c1ccc(C(c2cc(C(F)(F)F)ccc2Cl)N2CCNCC2)cc1. The van der Waals surface area contributed by atoms with E-state index >= 15 is 0 Å². The Labute approximate surface area is 163 Å². The van der Waals surface area contributed by atoms with Crippen molar-refractivity contribution < 1.29 is 26.3 Å². The Bertz CT molecular complexity index is 811. The van der Waals surface area contributed by atoms with E-state index < -0.39 is 29.5 Å². The molecule has 1 unspecified atom stereocenters. The van der Waals surface area contributed by atoms with E-state index in [4.69, 9.17) is 11.6 Å². The van der Waals surface area contributed by atoms with Crippen LogP contribution in [0.3, 0.4) is 0 Å². The van der Waals surface area contributed by atoms with Crippen molar-refractivity contribution in [1.82, 2.24) is 10.2 Å². The first-order valence-corrected chi connectivity index (χ1v) is 8.94. The molecule has 2 aromatic carbocycles. The number of benzene rings is 2. The lowest BCUT2D eigenvalue weighted by molar-refractivity contribution is -0.138. The lowest BCUT2D eigenvalue weighted by atomic mass is 9.94. The van der Waals surface area contributed by atoms with Crippen LogP contribution in [0.2, 0.25) is 5.02 Å². The third kappa shape index (κ3) is 4.61. The van der Waals surface area contributed by atoms with Gasteiger partial charge in [-0.05, 0) is 41.5 Å². The van der Waals surface area contributed by atoms with Gasteiger partial charge in [0.1, 0.15) is 0 Å². The molecule has 1 atom stereocenters. The fourth-order valence-corrected chi connectivity index (χ4v) is 3.53. The van der Waals surface area contributed by atoms with E-state index in [1.807, 2.05) is 4.90 Å². The molecule has 0 aliphatic carbocycles. The number of nitrogens with one attached hydrogen (secondary N) is 1. The molecule has 1 saturated heterocycles. The smallest absolute Gasteiger partial charge is 0.314 e. The van der Waals surface area contributed by atoms with Gasteiger partial charge in [0.25, 0.3) is 0 Å². The monoisotopic (exact) mass is 422 g/mol.